The Morgan fingerprint density at radius 3 is 1.43 bits per heavy atom. The minimum atomic E-state index is -0.814. The Labute approximate surface area is 299 Å². The molecule has 5 heteroatoms. The van der Waals surface area contributed by atoms with Crippen LogP contribution in [0.15, 0.2) is 122 Å². The molecule has 0 saturated carbocycles. The van der Waals surface area contributed by atoms with Crippen molar-refractivity contribution in [1.29, 1.82) is 0 Å². The molecular weight excluding hydrogens is 608 g/mol. The smallest absolute Gasteiger partial charge is 0.306 e. The molecule has 0 saturated heterocycles. The van der Waals surface area contributed by atoms with Crippen molar-refractivity contribution in [2.24, 2.45) is 0 Å². The zero-order valence-electron chi connectivity index (χ0n) is 30.6. The van der Waals surface area contributed by atoms with E-state index in [1.54, 1.807) is 0 Å². The lowest BCUT2D eigenvalue weighted by molar-refractivity contribution is -0.161. The zero-order valence-corrected chi connectivity index (χ0v) is 30.6. The Balaban J connectivity index is 3.77. The van der Waals surface area contributed by atoms with Crippen LogP contribution in [0.1, 0.15) is 123 Å². The van der Waals surface area contributed by atoms with Crippen molar-refractivity contribution in [3.8, 4) is 0 Å². The number of rotatable bonds is 31. The summed E-state index contributed by atoms with van der Waals surface area (Å²) in [6.45, 7) is 3.78. The number of aliphatic hydroxyl groups excluding tert-OH is 1. The van der Waals surface area contributed by atoms with Crippen LogP contribution in [0.5, 0.6) is 0 Å². The summed E-state index contributed by atoms with van der Waals surface area (Å²) >= 11 is 0. The molecule has 0 aromatic heterocycles. The van der Waals surface area contributed by atoms with Gasteiger partial charge in [0.1, 0.15) is 6.61 Å². The fourth-order valence-corrected chi connectivity index (χ4v) is 4.33. The number of hydrogen-bond donors (Lipinski definition) is 1. The zero-order chi connectivity index (χ0) is 35.7. The maximum atomic E-state index is 12.2. The summed E-state index contributed by atoms with van der Waals surface area (Å²) in [7, 11) is 0. The van der Waals surface area contributed by atoms with E-state index in [2.05, 4.69) is 98.9 Å². The Hall–Kier alpha value is -3.70. The molecule has 272 valence electrons. The minimum Gasteiger partial charge on any atom is -0.462 e. The molecular formula is C44H66O5. The van der Waals surface area contributed by atoms with Gasteiger partial charge in [-0.15, -0.1) is 0 Å². The Morgan fingerprint density at radius 1 is 0.490 bits per heavy atom. The minimum absolute atomic E-state index is 0.110. The monoisotopic (exact) mass is 674 g/mol. The van der Waals surface area contributed by atoms with Gasteiger partial charge in [-0.1, -0.05) is 148 Å². The molecule has 1 unspecified atom stereocenters. The van der Waals surface area contributed by atoms with Crippen LogP contribution in [0.4, 0.5) is 0 Å². The van der Waals surface area contributed by atoms with E-state index < -0.39 is 6.10 Å². The van der Waals surface area contributed by atoms with Crippen LogP contribution in [0.25, 0.3) is 0 Å². The first kappa shape index (κ1) is 45.3. The highest BCUT2D eigenvalue weighted by atomic mass is 16.6. The lowest BCUT2D eigenvalue weighted by Crippen LogP contribution is -2.28. The normalized spacial score (nSPS) is 13.6. The molecule has 0 bridgehead atoms. The van der Waals surface area contributed by atoms with E-state index in [1.165, 1.54) is 0 Å². The first-order valence-corrected chi connectivity index (χ1v) is 18.6. The molecule has 1 N–H and O–H groups in total. The van der Waals surface area contributed by atoms with Crippen molar-refractivity contribution in [2.45, 2.75) is 129 Å². The molecule has 0 aliphatic heterocycles. The molecule has 0 rings (SSSR count). The van der Waals surface area contributed by atoms with E-state index in [-0.39, 0.29) is 25.2 Å². The molecule has 0 aromatic carbocycles. The summed E-state index contributed by atoms with van der Waals surface area (Å²) in [5, 5.41) is 9.53. The van der Waals surface area contributed by atoms with Gasteiger partial charge in [0, 0.05) is 12.8 Å². The standard InChI is InChI=1S/C44H66O5/c1-3-5-7-9-11-13-15-17-18-19-20-21-22-23-24-25-27-29-31-33-35-37-39-44(47)49-42(40-45)41-48-43(46)38-36-34-32-30-28-26-16-14-12-10-8-6-4-2/h5-8,10-14,16-18,20-21,23-24,26-29,42,45H,3-4,9,15,19,22,25,30-41H2,1-2H3/b7-5+,8-6+,12-10+,13-11+,16-14+,18-17+,21-20+,24-23+,28-26+,29-27+. The molecule has 0 aliphatic rings. The second-order valence-corrected chi connectivity index (χ2v) is 11.6. The quantitative estimate of drug-likeness (QED) is 0.0343. The first-order chi connectivity index (χ1) is 24.1. The second kappa shape index (κ2) is 38.7. The predicted octanol–water partition coefficient (Wildman–Crippen LogP) is 11.7. The summed E-state index contributed by atoms with van der Waals surface area (Å²) in [5.74, 6) is -0.692. The first-order valence-electron chi connectivity index (χ1n) is 18.6. The fourth-order valence-electron chi connectivity index (χ4n) is 4.33. The average Bonchev–Trinajstić information content (AvgIpc) is 3.10. The van der Waals surface area contributed by atoms with Crippen LogP contribution in [0.2, 0.25) is 0 Å². The maximum absolute atomic E-state index is 12.2. The van der Waals surface area contributed by atoms with E-state index in [4.69, 9.17) is 9.47 Å². The topological polar surface area (TPSA) is 72.8 Å². The molecule has 0 aromatic rings. The number of ether oxygens (including phenoxy) is 2. The molecule has 0 heterocycles. The summed E-state index contributed by atoms with van der Waals surface area (Å²) in [6, 6.07) is 0. The highest BCUT2D eigenvalue weighted by Gasteiger charge is 2.16. The van der Waals surface area contributed by atoms with Crippen LogP contribution >= 0.6 is 0 Å². The molecule has 1 atom stereocenters. The van der Waals surface area contributed by atoms with Crippen molar-refractivity contribution < 1.29 is 24.2 Å². The van der Waals surface area contributed by atoms with Gasteiger partial charge in [0.15, 0.2) is 6.10 Å². The number of carbonyl (C=O) groups is 2. The Morgan fingerprint density at radius 2 is 0.918 bits per heavy atom. The fraction of sp³-hybridized carbons (Fsp3) is 0.500. The highest BCUT2D eigenvalue weighted by molar-refractivity contribution is 5.70. The van der Waals surface area contributed by atoms with E-state index in [0.29, 0.717) is 12.8 Å². The number of esters is 2. The van der Waals surface area contributed by atoms with Gasteiger partial charge >= 0.3 is 11.9 Å². The van der Waals surface area contributed by atoms with Crippen LogP contribution in [0.3, 0.4) is 0 Å². The third kappa shape index (κ3) is 37.0. The van der Waals surface area contributed by atoms with Gasteiger partial charge in [-0.05, 0) is 83.5 Å². The van der Waals surface area contributed by atoms with Gasteiger partial charge in [0.2, 0.25) is 0 Å². The van der Waals surface area contributed by atoms with Crippen molar-refractivity contribution in [1.82, 2.24) is 0 Å². The lowest BCUT2D eigenvalue weighted by Gasteiger charge is -2.15. The molecule has 0 radical (unpaired) electrons. The highest BCUT2D eigenvalue weighted by Crippen LogP contribution is 2.08. The van der Waals surface area contributed by atoms with Gasteiger partial charge in [-0.3, -0.25) is 9.59 Å². The summed E-state index contributed by atoms with van der Waals surface area (Å²) < 4.78 is 10.5. The molecule has 0 fully saturated rings. The van der Waals surface area contributed by atoms with Crippen LogP contribution < -0.4 is 0 Å². The molecule has 49 heavy (non-hydrogen) atoms. The van der Waals surface area contributed by atoms with Gasteiger partial charge in [0.05, 0.1) is 6.61 Å². The summed E-state index contributed by atoms with van der Waals surface area (Å²) in [5.41, 5.74) is 0. The third-order valence-electron chi connectivity index (χ3n) is 7.10. The van der Waals surface area contributed by atoms with E-state index in [1.807, 2.05) is 36.5 Å². The van der Waals surface area contributed by atoms with Gasteiger partial charge < -0.3 is 14.6 Å². The van der Waals surface area contributed by atoms with Gasteiger partial charge in [-0.2, -0.15) is 0 Å². The molecule has 0 spiro atoms. The second-order valence-electron chi connectivity index (χ2n) is 11.6. The van der Waals surface area contributed by atoms with Gasteiger partial charge in [0.25, 0.3) is 0 Å². The number of carbonyl (C=O) groups excluding carboxylic acids is 2. The lowest BCUT2D eigenvalue weighted by atomic mass is 10.1. The number of unbranched alkanes of at least 4 members (excludes halogenated alkanes) is 6. The largest absolute Gasteiger partial charge is 0.462 e. The van der Waals surface area contributed by atoms with Crippen molar-refractivity contribution >= 4 is 11.9 Å². The number of allylic oxidation sites excluding steroid dienone is 20. The van der Waals surface area contributed by atoms with Crippen molar-refractivity contribution in [3.05, 3.63) is 122 Å². The van der Waals surface area contributed by atoms with E-state index in [9.17, 15) is 14.7 Å². The van der Waals surface area contributed by atoms with E-state index in [0.717, 1.165) is 96.3 Å². The number of hydrogen-bond acceptors (Lipinski definition) is 5. The Kier molecular flexibility index (Phi) is 35.8. The molecule has 0 aliphatic carbocycles. The van der Waals surface area contributed by atoms with Crippen LogP contribution in [-0.2, 0) is 19.1 Å². The van der Waals surface area contributed by atoms with Crippen molar-refractivity contribution in [3.63, 3.8) is 0 Å². The molecule has 5 nitrogen and oxygen atoms in total. The van der Waals surface area contributed by atoms with Crippen LogP contribution in [-0.4, -0.2) is 36.4 Å². The van der Waals surface area contributed by atoms with Crippen LogP contribution in [0, 0.1) is 0 Å². The predicted molar refractivity (Wildman–Crippen MR) is 209 cm³/mol. The summed E-state index contributed by atoms with van der Waals surface area (Å²) in [6.07, 6.45) is 56.8. The van der Waals surface area contributed by atoms with E-state index >= 15 is 0 Å². The van der Waals surface area contributed by atoms with Crippen molar-refractivity contribution in [2.75, 3.05) is 13.2 Å². The third-order valence-corrected chi connectivity index (χ3v) is 7.10. The summed E-state index contributed by atoms with van der Waals surface area (Å²) in [4.78, 5) is 24.2. The molecule has 0 amide bonds. The Bertz CT molecular complexity index is 1080. The maximum Gasteiger partial charge on any atom is 0.306 e. The average molecular weight is 675 g/mol. The SMILES string of the molecule is CC/C=C/C=C/C=C/C=C/CCCCCC(=O)OCC(CO)OC(=O)CCCCC/C=C/C/C=C/C/C=C/C/C=C/C/C=C/C/C=C/CC. The van der Waals surface area contributed by atoms with Gasteiger partial charge in [-0.25, -0.2) is 0 Å². The number of aliphatic hydroxyl groups is 1.